The van der Waals surface area contributed by atoms with Crippen molar-refractivity contribution in [3.8, 4) is 0 Å². The molecule has 5 heteroatoms. The summed E-state index contributed by atoms with van der Waals surface area (Å²) in [6.07, 6.45) is 5.12. The van der Waals surface area contributed by atoms with Crippen LogP contribution in [-0.2, 0) is 19.1 Å². The second kappa shape index (κ2) is 6.16. The Labute approximate surface area is 143 Å². The molecule has 3 saturated carbocycles. The average molecular weight is 336 g/mol. The van der Waals surface area contributed by atoms with Crippen LogP contribution >= 0.6 is 0 Å². The number of carbonyl (C=O) groups is 3. The highest BCUT2D eigenvalue weighted by atomic mass is 16.5. The van der Waals surface area contributed by atoms with E-state index in [1.54, 1.807) is 0 Å². The highest BCUT2D eigenvalue weighted by Gasteiger charge is 2.59. The Balaban J connectivity index is 1.85. The van der Waals surface area contributed by atoms with Crippen molar-refractivity contribution in [2.45, 2.75) is 65.4 Å². The number of aliphatic carboxylic acids is 1. The van der Waals surface area contributed by atoms with Crippen LogP contribution in [-0.4, -0.2) is 28.9 Å². The van der Waals surface area contributed by atoms with Crippen molar-refractivity contribution in [3.05, 3.63) is 0 Å². The van der Waals surface area contributed by atoms with Gasteiger partial charge in [0.05, 0.1) is 5.92 Å². The fourth-order valence-corrected chi connectivity index (χ4v) is 6.19. The number of carboxylic acid groups (broad SMARTS) is 1. The highest BCUT2D eigenvalue weighted by molar-refractivity contribution is 5.85. The molecule has 0 heterocycles. The summed E-state index contributed by atoms with van der Waals surface area (Å²) in [4.78, 5) is 35.2. The summed E-state index contributed by atoms with van der Waals surface area (Å²) in [6, 6.07) is 0. The molecule has 3 aliphatic carbocycles. The molecule has 0 aromatic rings. The molecule has 0 aromatic heterocycles. The van der Waals surface area contributed by atoms with Crippen LogP contribution in [0, 0.1) is 35.0 Å². The molecule has 0 amide bonds. The molecule has 0 aliphatic heterocycles. The molecule has 0 bridgehead atoms. The highest BCUT2D eigenvalue weighted by Crippen LogP contribution is 2.61. The molecule has 0 saturated heterocycles. The van der Waals surface area contributed by atoms with Gasteiger partial charge in [-0.05, 0) is 63.2 Å². The van der Waals surface area contributed by atoms with Gasteiger partial charge in [-0.2, -0.15) is 0 Å². The van der Waals surface area contributed by atoms with Gasteiger partial charge in [0, 0.05) is 18.3 Å². The normalized spacial score (nSPS) is 44.3. The van der Waals surface area contributed by atoms with Crippen LogP contribution < -0.4 is 0 Å². The van der Waals surface area contributed by atoms with E-state index in [0.717, 1.165) is 32.1 Å². The lowest BCUT2D eigenvalue weighted by Crippen LogP contribution is -2.51. The van der Waals surface area contributed by atoms with Gasteiger partial charge >= 0.3 is 11.9 Å². The summed E-state index contributed by atoms with van der Waals surface area (Å²) in [5, 5.41) is 9.75. The topological polar surface area (TPSA) is 80.7 Å². The average Bonchev–Trinajstić information content (AvgIpc) is 2.82. The Hall–Kier alpha value is -1.39. The van der Waals surface area contributed by atoms with Crippen LogP contribution in [0.3, 0.4) is 0 Å². The number of rotatable bonds is 3. The molecule has 5 nitrogen and oxygen atoms in total. The van der Waals surface area contributed by atoms with E-state index in [1.165, 1.54) is 13.8 Å². The van der Waals surface area contributed by atoms with Gasteiger partial charge in [0.1, 0.15) is 11.9 Å². The Morgan fingerprint density at radius 1 is 1.00 bits per heavy atom. The van der Waals surface area contributed by atoms with Crippen molar-refractivity contribution in [3.63, 3.8) is 0 Å². The molecule has 7 atom stereocenters. The van der Waals surface area contributed by atoms with Gasteiger partial charge in [0.15, 0.2) is 0 Å². The number of ether oxygens (including phenoxy) is 1. The molecule has 3 aliphatic rings. The third kappa shape index (κ3) is 2.66. The van der Waals surface area contributed by atoms with Gasteiger partial charge in [-0.3, -0.25) is 14.4 Å². The SMILES string of the molecule is CC(=O)O[C@H]1CC[C@H]2[C@@H]3CCC(C(C)=O)[C@H](C(=O)O)[C@H]3CC[C@]12C. The van der Waals surface area contributed by atoms with Gasteiger partial charge in [0.25, 0.3) is 0 Å². The van der Waals surface area contributed by atoms with Crippen LogP contribution in [0.5, 0.6) is 0 Å². The standard InChI is InChI=1S/C19H28O5/c1-10(20)12-4-5-13-14(17(12)18(22)23)8-9-19(3)15(13)6-7-16(19)24-11(2)21/h12-17H,4-9H2,1-3H3,(H,22,23)/t12?,13-,14+,15+,16+,17+,19+/m1/s1. The summed E-state index contributed by atoms with van der Waals surface area (Å²) < 4.78 is 5.59. The smallest absolute Gasteiger partial charge is 0.307 e. The van der Waals surface area contributed by atoms with E-state index >= 15 is 0 Å². The second-order valence-electron chi connectivity index (χ2n) is 8.31. The number of carbonyl (C=O) groups excluding carboxylic acids is 2. The van der Waals surface area contributed by atoms with Crippen molar-refractivity contribution in [2.24, 2.45) is 35.0 Å². The number of Topliss-reactive ketones (excluding diaryl/α,β-unsaturated/α-hetero) is 1. The van der Waals surface area contributed by atoms with Crippen molar-refractivity contribution < 1.29 is 24.2 Å². The number of carboxylic acids is 1. The predicted molar refractivity (Wildman–Crippen MR) is 87.1 cm³/mol. The lowest BCUT2D eigenvalue weighted by molar-refractivity contribution is -0.163. The molecule has 0 aromatic carbocycles. The Kier molecular flexibility index (Phi) is 4.47. The number of ketones is 1. The number of esters is 1. The maximum atomic E-state index is 11.9. The number of hydrogen-bond acceptors (Lipinski definition) is 4. The molecule has 3 rings (SSSR count). The molecule has 134 valence electrons. The third-order valence-electron chi connectivity index (χ3n) is 7.23. The fourth-order valence-electron chi connectivity index (χ4n) is 6.19. The summed E-state index contributed by atoms with van der Waals surface area (Å²) in [7, 11) is 0. The largest absolute Gasteiger partial charge is 0.481 e. The summed E-state index contributed by atoms with van der Waals surface area (Å²) in [5.74, 6) is -1.10. The fraction of sp³-hybridized carbons (Fsp3) is 0.842. The molecular weight excluding hydrogens is 308 g/mol. The Morgan fingerprint density at radius 3 is 2.29 bits per heavy atom. The molecular formula is C19H28O5. The third-order valence-corrected chi connectivity index (χ3v) is 7.23. The number of hydrogen-bond donors (Lipinski definition) is 1. The summed E-state index contributed by atoms with van der Waals surface area (Å²) in [5.41, 5.74) is -0.0427. The first-order valence-corrected chi connectivity index (χ1v) is 9.16. The van der Waals surface area contributed by atoms with Crippen molar-refractivity contribution in [1.29, 1.82) is 0 Å². The summed E-state index contributed by atoms with van der Waals surface area (Å²) >= 11 is 0. The quantitative estimate of drug-likeness (QED) is 0.801. The Morgan fingerprint density at radius 2 is 1.71 bits per heavy atom. The van der Waals surface area contributed by atoms with Gasteiger partial charge in [0.2, 0.25) is 0 Å². The van der Waals surface area contributed by atoms with Crippen molar-refractivity contribution in [1.82, 2.24) is 0 Å². The maximum absolute atomic E-state index is 11.9. The van der Waals surface area contributed by atoms with Crippen LogP contribution in [0.15, 0.2) is 0 Å². The molecule has 1 N–H and O–H groups in total. The lowest BCUT2D eigenvalue weighted by Gasteiger charge is -2.52. The van der Waals surface area contributed by atoms with Gasteiger partial charge in [-0.25, -0.2) is 0 Å². The Bertz CT molecular complexity index is 556. The van der Waals surface area contributed by atoms with Crippen LogP contribution in [0.1, 0.15) is 59.3 Å². The zero-order chi connectivity index (χ0) is 17.6. The van der Waals surface area contributed by atoms with E-state index < -0.39 is 11.9 Å². The maximum Gasteiger partial charge on any atom is 0.307 e. The van der Waals surface area contributed by atoms with Crippen molar-refractivity contribution >= 4 is 17.7 Å². The van der Waals surface area contributed by atoms with E-state index in [-0.39, 0.29) is 35.1 Å². The van der Waals surface area contributed by atoms with Gasteiger partial charge in [-0.15, -0.1) is 0 Å². The van der Waals surface area contributed by atoms with Gasteiger partial charge < -0.3 is 9.84 Å². The van der Waals surface area contributed by atoms with Crippen molar-refractivity contribution in [2.75, 3.05) is 0 Å². The molecule has 1 unspecified atom stereocenters. The minimum Gasteiger partial charge on any atom is -0.481 e. The predicted octanol–water partition coefficient (Wildman–Crippen LogP) is 3.06. The number of fused-ring (bicyclic) bond motifs is 3. The van der Waals surface area contributed by atoms with E-state index in [0.29, 0.717) is 18.3 Å². The van der Waals surface area contributed by atoms with Crippen LogP contribution in [0.25, 0.3) is 0 Å². The first-order chi connectivity index (χ1) is 11.3. The molecule has 0 radical (unpaired) electrons. The first-order valence-electron chi connectivity index (χ1n) is 9.16. The zero-order valence-corrected chi connectivity index (χ0v) is 14.8. The molecule has 24 heavy (non-hydrogen) atoms. The second-order valence-corrected chi connectivity index (χ2v) is 8.31. The minimum atomic E-state index is -0.817. The zero-order valence-electron chi connectivity index (χ0n) is 14.8. The van der Waals surface area contributed by atoms with Crippen LogP contribution in [0.2, 0.25) is 0 Å². The summed E-state index contributed by atoms with van der Waals surface area (Å²) in [6.45, 7) is 5.20. The van der Waals surface area contributed by atoms with Gasteiger partial charge in [-0.1, -0.05) is 6.92 Å². The van der Waals surface area contributed by atoms with E-state index in [9.17, 15) is 19.5 Å². The minimum absolute atomic E-state index is 0.0124. The first kappa shape index (κ1) is 17.4. The molecule has 0 spiro atoms. The van der Waals surface area contributed by atoms with Crippen LogP contribution in [0.4, 0.5) is 0 Å². The van der Waals surface area contributed by atoms with E-state index in [1.807, 2.05) is 0 Å². The lowest BCUT2D eigenvalue weighted by atomic mass is 9.52. The van der Waals surface area contributed by atoms with E-state index in [2.05, 4.69) is 6.92 Å². The monoisotopic (exact) mass is 336 g/mol. The molecule has 3 fully saturated rings. The van der Waals surface area contributed by atoms with E-state index in [4.69, 9.17) is 4.74 Å².